The summed E-state index contributed by atoms with van der Waals surface area (Å²) in [6.07, 6.45) is 3.30. The summed E-state index contributed by atoms with van der Waals surface area (Å²) in [5, 5.41) is 6.73. The SMILES string of the molecule is Cc1cc(C)c2c(-n3cccc3)c(C(=O)Nc3ccc4c(c3)NC(=O)C(C)O4)sc2n1. The van der Waals surface area contributed by atoms with E-state index in [4.69, 9.17) is 4.74 Å². The zero-order chi connectivity index (χ0) is 21.7. The van der Waals surface area contributed by atoms with Gasteiger partial charge in [0.1, 0.15) is 15.5 Å². The smallest absolute Gasteiger partial charge is 0.267 e. The number of hydrogen-bond donors (Lipinski definition) is 2. The first-order valence-electron chi connectivity index (χ1n) is 9.87. The highest BCUT2D eigenvalue weighted by molar-refractivity contribution is 7.21. The molecule has 7 nitrogen and oxygen atoms in total. The Balaban J connectivity index is 1.55. The lowest BCUT2D eigenvalue weighted by atomic mass is 10.1. The minimum Gasteiger partial charge on any atom is -0.479 e. The van der Waals surface area contributed by atoms with Crippen molar-refractivity contribution in [2.75, 3.05) is 10.6 Å². The van der Waals surface area contributed by atoms with Gasteiger partial charge in [0.25, 0.3) is 11.8 Å². The number of anilines is 2. The van der Waals surface area contributed by atoms with E-state index in [1.54, 1.807) is 25.1 Å². The van der Waals surface area contributed by atoms with Crippen LogP contribution in [-0.2, 0) is 4.79 Å². The first-order chi connectivity index (χ1) is 14.9. The molecule has 2 amide bonds. The molecule has 156 valence electrons. The van der Waals surface area contributed by atoms with E-state index < -0.39 is 6.10 Å². The van der Waals surface area contributed by atoms with Crippen LogP contribution < -0.4 is 15.4 Å². The fourth-order valence-corrected chi connectivity index (χ4v) is 4.97. The van der Waals surface area contributed by atoms with Gasteiger partial charge in [0.15, 0.2) is 6.10 Å². The Bertz CT molecular complexity index is 1340. The molecule has 0 saturated carbocycles. The minimum absolute atomic E-state index is 0.215. The number of carbonyl (C=O) groups excluding carboxylic acids is 2. The summed E-state index contributed by atoms with van der Waals surface area (Å²) in [6, 6.07) is 11.1. The Hall–Kier alpha value is -3.65. The van der Waals surface area contributed by atoms with E-state index in [-0.39, 0.29) is 11.8 Å². The molecule has 3 aromatic heterocycles. The van der Waals surface area contributed by atoms with E-state index >= 15 is 0 Å². The van der Waals surface area contributed by atoms with Crippen LogP contribution in [0.5, 0.6) is 5.75 Å². The number of thiophene rings is 1. The number of aromatic nitrogens is 2. The highest BCUT2D eigenvalue weighted by atomic mass is 32.1. The average Bonchev–Trinajstić information content (AvgIpc) is 3.36. The van der Waals surface area contributed by atoms with E-state index in [0.29, 0.717) is 22.0 Å². The standard InChI is InChI=1S/C23H20N4O3S/c1-12-10-13(2)24-23-18(12)19(27-8-4-5-9-27)20(31-23)22(29)25-15-6-7-17-16(11-15)26-21(28)14(3)30-17/h4-11,14H,1-3H3,(H,25,29)(H,26,28). The first kappa shape index (κ1) is 19.3. The number of amides is 2. The molecular formula is C23H20N4O3S. The molecule has 0 saturated heterocycles. The number of carbonyl (C=O) groups is 2. The van der Waals surface area contributed by atoms with Gasteiger partial charge in [-0.1, -0.05) is 0 Å². The van der Waals surface area contributed by atoms with Crippen molar-refractivity contribution in [1.29, 1.82) is 0 Å². The first-order valence-corrected chi connectivity index (χ1v) is 10.7. The molecule has 1 aromatic carbocycles. The van der Waals surface area contributed by atoms with E-state index in [1.807, 2.05) is 49.0 Å². The molecule has 1 unspecified atom stereocenters. The monoisotopic (exact) mass is 432 g/mol. The largest absolute Gasteiger partial charge is 0.479 e. The molecule has 1 aliphatic rings. The molecule has 0 spiro atoms. The topological polar surface area (TPSA) is 85.2 Å². The quantitative estimate of drug-likeness (QED) is 0.492. The van der Waals surface area contributed by atoms with Gasteiger partial charge in [-0.15, -0.1) is 11.3 Å². The zero-order valence-corrected chi connectivity index (χ0v) is 18.0. The van der Waals surface area contributed by atoms with E-state index in [9.17, 15) is 9.59 Å². The van der Waals surface area contributed by atoms with Crippen LogP contribution in [0.3, 0.4) is 0 Å². The number of benzene rings is 1. The van der Waals surface area contributed by atoms with Crippen molar-refractivity contribution in [3.05, 3.63) is 64.9 Å². The number of aryl methyl sites for hydroxylation is 2. The molecule has 4 heterocycles. The summed E-state index contributed by atoms with van der Waals surface area (Å²) in [7, 11) is 0. The Labute approximate surface area is 182 Å². The lowest BCUT2D eigenvalue weighted by Crippen LogP contribution is -2.34. The van der Waals surface area contributed by atoms with E-state index in [0.717, 1.165) is 27.2 Å². The summed E-state index contributed by atoms with van der Waals surface area (Å²) in [4.78, 5) is 31.3. The Morgan fingerprint density at radius 3 is 2.77 bits per heavy atom. The van der Waals surface area contributed by atoms with Gasteiger partial charge >= 0.3 is 0 Å². The van der Waals surface area contributed by atoms with Crippen molar-refractivity contribution in [3.63, 3.8) is 0 Å². The Morgan fingerprint density at radius 1 is 1.23 bits per heavy atom. The van der Waals surface area contributed by atoms with E-state index in [1.165, 1.54) is 11.3 Å². The second-order valence-electron chi connectivity index (χ2n) is 7.55. The van der Waals surface area contributed by atoms with Gasteiger partial charge in [0.05, 0.1) is 11.4 Å². The van der Waals surface area contributed by atoms with Gasteiger partial charge in [0.2, 0.25) is 0 Å². The van der Waals surface area contributed by atoms with Crippen molar-refractivity contribution in [2.24, 2.45) is 0 Å². The van der Waals surface area contributed by atoms with Gasteiger partial charge in [-0.3, -0.25) is 9.59 Å². The molecule has 0 aliphatic carbocycles. The third kappa shape index (κ3) is 3.34. The molecule has 4 aromatic rings. The Morgan fingerprint density at radius 2 is 2.00 bits per heavy atom. The predicted molar refractivity (Wildman–Crippen MR) is 122 cm³/mol. The Kier molecular flexibility index (Phi) is 4.51. The van der Waals surface area contributed by atoms with Crippen molar-refractivity contribution >= 4 is 44.7 Å². The number of nitrogens with one attached hydrogen (secondary N) is 2. The number of hydrogen-bond acceptors (Lipinski definition) is 5. The summed E-state index contributed by atoms with van der Waals surface area (Å²) < 4.78 is 7.53. The molecule has 2 N–H and O–H groups in total. The molecular weight excluding hydrogens is 412 g/mol. The zero-order valence-electron chi connectivity index (χ0n) is 17.2. The maximum Gasteiger partial charge on any atom is 0.267 e. The lowest BCUT2D eigenvalue weighted by molar-refractivity contribution is -0.122. The number of fused-ring (bicyclic) bond motifs is 2. The summed E-state index contributed by atoms with van der Waals surface area (Å²) in [5.41, 5.74) is 3.91. The molecule has 5 rings (SSSR count). The highest BCUT2D eigenvalue weighted by Gasteiger charge is 2.25. The maximum atomic E-state index is 13.3. The van der Waals surface area contributed by atoms with Crippen LogP contribution in [0.4, 0.5) is 11.4 Å². The summed E-state index contributed by atoms with van der Waals surface area (Å²) >= 11 is 1.37. The number of rotatable bonds is 3. The number of nitrogens with zero attached hydrogens (tertiary/aromatic N) is 2. The fourth-order valence-electron chi connectivity index (χ4n) is 3.78. The summed E-state index contributed by atoms with van der Waals surface area (Å²) in [6.45, 7) is 5.67. The third-order valence-corrected chi connectivity index (χ3v) is 6.27. The van der Waals surface area contributed by atoms with Crippen LogP contribution >= 0.6 is 11.3 Å². The van der Waals surface area contributed by atoms with Crippen molar-refractivity contribution in [3.8, 4) is 11.4 Å². The fraction of sp³-hybridized carbons (Fsp3) is 0.174. The van der Waals surface area contributed by atoms with Crippen LogP contribution in [0, 0.1) is 13.8 Å². The number of pyridine rings is 1. The van der Waals surface area contributed by atoms with Crippen molar-refractivity contribution < 1.29 is 14.3 Å². The second kappa shape index (κ2) is 7.24. The van der Waals surface area contributed by atoms with Gasteiger partial charge < -0.3 is 19.9 Å². The van der Waals surface area contributed by atoms with Crippen LogP contribution in [0.15, 0.2) is 48.8 Å². The van der Waals surface area contributed by atoms with E-state index in [2.05, 4.69) is 15.6 Å². The summed E-state index contributed by atoms with van der Waals surface area (Å²) in [5.74, 6) is 0.128. The number of ether oxygens (including phenoxy) is 1. The van der Waals surface area contributed by atoms with Gasteiger partial charge in [0, 0.05) is 29.2 Å². The molecule has 31 heavy (non-hydrogen) atoms. The normalized spacial score (nSPS) is 15.3. The van der Waals surface area contributed by atoms with Crippen LogP contribution in [-0.4, -0.2) is 27.5 Å². The molecule has 0 fully saturated rings. The third-order valence-electron chi connectivity index (χ3n) is 5.20. The lowest BCUT2D eigenvalue weighted by Gasteiger charge is -2.23. The molecule has 1 aliphatic heterocycles. The van der Waals surface area contributed by atoms with Gasteiger partial charge in [-0.2, -0.15) is 0 Å². The molecule has 0 bridgehead atoms. The van der Waals surface area contributed by atoms with Gasteiger partial charge in [-0.05, 0) is 62.7 Å². The molecule has 1 atom stereocenters. The second-order valence-corrected chi connectivity index (χ2v) is 8.54. The van der Waals surface area contributed by atoms with Gasteiger partial charge in [-0.25, -0.2) is 4.98 Å². The maximum absolute atomic E-state index is 13.3. The molecule has 8 heteroatoms. The van der Waals surface area contributed by atoms with Crippen LogP contribution in [0.2, 0.25) is 0 Å². The molecule has 0 radical (unpaired) electrons. The predicted octanol–water partition coefficient (Wildman–Crippen LogP) is 4.68. The highest BCUT2D eigenvalue weighted by Crippen LogP contribution is 2.37. The van der Waals surface area contributed by atoms with Crippen molar-refractivity contribution in [2.45, 2.75) is 26.9 Å². The van der Waals surface area contributed by atoms with Crippen molar-refractivity contribution in [1.82, 2.24) is 9.55 Å². The van der Waals surface area contributed by atoms with Crippen LogP contribution in [0.1, 0.15) is 27.9 Å². The minimum atomic E-state index is -0.546. The van der Waals surface area contributed by atoms with Crippen LogP contribution in [0.25, 0.3) is 15.9 Å². The average molecular weight is 433 g/mol.